The molecule has 0 aliphatic rings. The van der Waals surface area contributed by atoms with E-state index in [4.69, 9.17) is 11.6 Å². The summed E-state index contributed by atoms with van der Waals surface area (Å²) in [5.41, 5.74) is 0.431. The number of aldehydes is 1. The first-order valence-electron chi connectivity index (χ1n) is 4.21. The maximum absolute atomic E-state index is 13.4. The van der Waals surface area contributed by atoms with E-state index in [0.717, 1.165) is 6.29 Å². The lowest BCUT2D eigenvalue weighted by Crippen LogP contribution is -1.80. The minimum atomic E-state index is -0.335. The number of thiophene rings is 1. The van der Waals surface area contributed by atoms with Gasteiger partial charge in [0.1, 0.15) is 5.82 Å². The molecule has 4 heteroatoms. The van der Waals surface area contributed by atoms with E-state index in [2.05, 4.69) is 0 Å². The van der Waals surface area contributed by atoms with Gasteiger partial charge in [0.05, 0.1) is 4.88 Å². The molecule has 0 unspecified atom stereocenters. The summed E-state index contributed by atoms with van der Waals surface area (Å²) in [6, 6.07) is 7.74. The first-order valence-corrected chi connectivity index (χ1v) is 5.40. The molecule has 0 atom stereocenters. The van der Waals surface area contributed by atoms with Gasteiger partial charge in [-0.2, -0.15) is 0 Å². The summed E-state index contributed by atoms with van der Waals surface area (Å²) in [6.45, 7) is 0. The van der Waals surface area contributed by atoms with Crippen LogP contribution < -0.4 is 0 Å². The van der Waals surface area contributed by atoms with Crippen LogP contribution in [-0.2, 0) is 0 Å². The zero-order valence-corrected chi connectivity index (χ0v) is 9.11. The molecule has 0 saturated carbocycles. The number of rotatable bonds is 2. The fraction of sp³-hybridized carbons (Fsp3) is 0. The van der Waals surface area contributed by atoms with Crippen molar-refractivity contribution in [1.29, 1.82) is 0 Å². The number of hydrogen-bond acceptors (Lipinski definition) is 2. The quantitative estimate of drug-likeness (QED) is 0.725. The van der Waals surface area contributed by atoms with Crippen LogP contribution in [0.2, 0.25) is 5.02 Å². The van der Waals surface area contributed by atoms with Gasteiger partial charge in [-0.25, -0.2) is 4.39 Å². The zero-order chi connectivity index (χ0) is 10.8. The number of carbonyl (C=O) groups excluding carboxylic acids is 1. The van der Waals surface area contributed by atoms with Crippen LogP contribution in [0, 0.1) is 5.82 Å². The Morgan fingerprint density at radius 2 is 2.07 bits per heavy atom. The normalized spacial score (nSPS) is 10.3. The first-order chi connectivity index (χ1) is 7.20. The fourth-order valence-electron chi connectivity index (χ4n) is 1.25. The summed E-state index contributed by atoms with van der Waals surface area (Å²) < 4.78 is 13.4. The van der Waals surface area contributed by atoms with Crippen LogP contribution in [0.4, 0.5) is 4.39 Å². The Morgan fingerprint density at radius 3 is 2.73 bits per heavy atom. The SMILES string of the molecule is O=Cc1ccc(-c2cc(Cl)ccc2F)s1. The Labute approximate surface area is 95.1 Å². The largest absolute Gasteiger partial charge is 0.297 e. The van der Waals surface area contributed by atoms with Crippen LogP contribution in [-0.4, -0.2) is 6.29 Å². The number of hydrogen-bond donors (Lipinski definition) is 0. The number of halogens is 2. The smallest absolute Gasteiger partial charge is 0.160 e. The highest BCUT2D eigenvalue weighted by Gasteiger charge is 2.08. The minimum absolute atomic E-state index is 0.335. The molecule has 0 amide bonds. The predicted molar refractivity (Wildman–Crippen MR) is 60.1 cm³/mol. The average Bonchev–Trinajstić information content (AvgIpc) is 2.70. The first kappa shape index (κ1) is 10.3. The van der Waals surface area contributed by atoms with Crippen LogP contribution in [0.25, 0.3) is 10.4 Å². The second-order valence-electron chi connectivity index (χ2n) is 2.94. The minimum Gasteiger partial charge on any atom is -0.297 e. The molecule has 2 aromatic rings. The van der Waals surface area contributed by atoms with E-state index in [1.54, 1.807) is 18.2 Å². The molecule has 0 saturated heterocycles. The Kier molecular flexibility index (Phi) is 2.84. The lowest BCUT2D eigenvalue weighted by molar-refractivity contribution is 0.112. The van der Waals surface area contributed by atoms with Crippen molar-refractivity contribution in [3.8, 4) is 10.4 Å². The third kappa shape index (κ3) is 2.08. The van der Waals surface area contributed by atoms with Gasteiger partial charge in [-0.05, 0) is 30.3 Å². The zero-order valence-electron chi connectivity index (χ0n) is 7.54. The molecule has 0 aliphatic heterocycles. The van der Waals surface area contributed by atoms with Crippen molar-refractivity contribution in [3.63, 3.8) is 0 Å². The van der Waals surface area contributed by atoms with Crippen molar-refractivity contribution in [2.75, 3.05) is 0 Å². The molecule has 0 N–H and O–H groups in total. The second kappa shape index (κ2) is 4.13. The van der Waals surface area contributed by atoms with E-state index in [1.807, 2.05) is 0 Å². The summed E-state index contributed by atoms with van der Waals surface area (Å²) in [4.78, 5) is 11.8. The molecule has 0 fully saturated rings. The molecular formula is C11H6ClFOS. The molecule has 15 heavy (non-hydrogen) atoms. The molecule has 1 aromatic carbocycles. The number of benzene rings is 1. The Bertz CT molecular complexity index is 507. The second-order valence-corrected chi connectivity index (χ2v) is 4.50. The summed E-state index contributed by atoms with van der Waals surface area (Å²) in [6.07, 6.45) is 0.747. The van der Waals surface area contributed by atoms with Crippen molar-refractivity contribution in [1.82, 2.24) is 0 Å². The van der Waals surface area contributed by atoms with Gasteiger partial charge >= 0.3 is 0 Å². The lowest BCUT2D eigenvalue weighted by Gasteiger charge is -1.99. The van der Waals surface area contributed by atoms with Gasteiger partial charge in [-0.1, -0.05) is 11.6 Å². The van der Waals surface area contributed by atoms with Crippen LogP contribution in [0.15, 0.2) is 30.3 Å². The van der Waals surface area contributed by atoms with Crippen LogP contribution in [0.3, 0.4) is 0 Å². The van der Waals surface area contributed by atoms with Gasteiger partial charge in [0, 0.05) is 15.5 Å². The van der Waals surface area contributed by atoms with E-state index in [9.17, 15) is 9.18 Å². The van der Waals surface area contributed by atoms with E-state index in [1.165, 1.54) is 23.5 Å². The summed E-state index contributed by atoms with van der Waals surface area (Å²) in [7, 11) is 0. The third-order valence-corrected chi connectivity index (χ3v) is 3.22. The lowest BCUT2D eigenvalue weighted by atomic mass is 10.2. The van der Waals surface area contributed by atoms with Crippen molar-refractivity contribution in [2.24, 2.45) is 0 Å². The van der Waals surface area contributed by atoms with Crippen LogP contribution in [0.1, 0.15) is 9.67 Å². The molecule has 0 spiro atoms. The molecule has 0 aliphatic carbocycles. The number of carbonyl (C=O) groups is 1. The van der Waals surface area contributed by atoms with Crippen molar-refractivity contribution < 1.29 is 9.18 Å². The van der Waals surface area contributed by atoms with Crippen LogP contribution >= 0.6 is 22.9 Å². The molecular weight excluding hydrogens is 235 g/mol. The topological polar surface area (TPSA) is 17.1 Å². The maximum atomic E-state index is 13.4. The van der Waals surface area contributed by atoms with Crippen molar-refractivity contribution in [3.05, 3.63) is 46.0 Å². The molecule has 76 valence electrons. The maximum Gasteiger partial charge on any atom is 0.160 e. The monoisotopic (exact) mass is 240 g/mol. The Morgan fingerprint density at radius 1 is 1.27 bits per heavy atom. The van der Waals surface area contributed by atoms with Gasteiger partial charge in [0.2, 0.25) is 0 Å². The molecule has 1 aromatic heterocycles. The fourth-order valence-corrected chi connectivity index (χ4v) is 2.26. The van der Waals surface area contributed by atoms with Crippen molar-refractivity contribution >= 4 is 29.2 Å². The third-order valence-electron chi connectivity index (χ3n) is 1.94. The Hall–Kier alpha value is -1.19. The van der Waals surface area contributed by atoms with Gasteiger partial charge in [-0.15, -0.1) is 11.3 Å². The standard InChI is InChI=1S/C11H6ClFOS/c12-7-1-3-10(13)9(5-7)11-4-2-8(6-14)15-11/h1-6H. The highest BCUT2D eigenvalue weighted by Crippen LogP contribution is 2.31. The molecule has 0 radical (unpaired) electrons. The van der Waals surface area contributed by atoms with Gasteiger partial charge < -0.3 is 0 Å². The summed E-state index contributed by atoms with van der Waals surface area (Å²) in [5.74, 6) is -0.335. The van der Waals surface area contributed by atoms with E-state index >= 15 is 0 Å². The molecule has 1 nitrogen and oxygen atoms in total. The van der Waals surface area contributed by atoms with Gasteiger partial charge in [0.15, 0.2) is 6.29 Å². The summed E-state index contributed by atoms with van der Waals surface area (Å²) >= 11 is 7.02. The highest BCUT2D eigenvalue weighted by molar-refractivity contribution is 7.17. The average molecular weight is 241 g/mol. The highest BCUT2D eigenvalue weighted by atomic mass is 35.5. The van der Waals surface area contributed by atoms with Gasteiger partial charge in [-0.3, -0.25) is 4.79 Å². The molecule has 0 bridgehead atoms. The van der Waals surface area contributed by atoms with Crippen molar-refractivity contribution in [2.45, 2.75) is 0 Å². The Balaban J connectivity index is 2.52. The van der Waals surface area contributed by atoms with Crippen LogP contribution in [0.5, 0.6) is 0 Å². The summed E-state index contributed by atoms with van der Waals surface area (Å²) in [5, 5.41) is 0.479. The molecule has 2 rings (SSSR count). The molecule has 1 heterocycles. The van der Waals surface area contributed by atoms with E-state index in [0.29, 0.717) is 20.3 Å². The van der Waals surface area contributed by atoms with E-state index in [-0.39, 0.29) is 5.82 Å². The van der Waals surface area contributed by atoms with Gasteiger partial charge in [0.25, 0.3) is 0 Å². The predicted octanol–water partition coefficient (Wildman–Crippen LogP) is 4.02. The van der Waals surface area contributed by atoms with E-state index < -0.39 is 0 Å².